The first kappa shape index (κ1) is 22.1. The van der Waals surface area contributed by atoms with E-state index in [0.29, 0.717) is 12.1 Å². The Morgan fingerprint density at radius 2 is 1.97 bits per heavy atom. The lowest BCUT2D eigenvalue weighted by molar-refractivity contribution is -0.130. The van der Waals surface area contributed by atoms with Crippen molar-refractivity contribution in [1.29, 1.82) is 0 Å². The van der Waals surface area contributed by atoms with Crippen molar-refractivity contribution in [2.45, 2.75) is 25.4 Å². The third kappa shape index (κ3) is 5.21. The number of hydroxylamine groups is 1. The molecule has 0 aliphatic rings. The number of H-pyrrole nitrogens is 1. The van der Waals surface area contributed by atoms with Crippen LogP contribution in [0.5, 0.6) is 0 Å². The Hall–Kier alpha value is -4.12. The van der Waals surface area contributed by atoms with Gasteiger partial charge >= 0.3 is 0 Å². The molecule has 2 aromatic carbocycles. The van der Waals surface area contributed by atoms with Crippen LogP contribution in [0.3, 0.4) is 0 Å². The summed E-state index contributed by atoms with van der Waals surface area (Å²) in [7, 11) is 0. The third-order valence-corrected chi connectivity index (χ3v) is 5.18. The number of aromatic amines is 1. The Morgan fingerprint density at radius 1 is 1.12 bits per heavy atom. The van der Waals surface area contributed by atoms with Gasteiger partial charge in [0, 0.05) is 17.3 Å². The van der Waals surface area contributed by atoms with Crippen molar-refractivity contribution in [3.8, 4) is 0 Å². The summed E-state index contributed by atoms with van der Waals surface area (Å²) in [5.41, 5.74) is 3.95. The van der Waals surface area contributed by atoms with E-state index < -0.39 is 29.5 Å². The number of nitrogens with zero attached hydrogens (tertiary/aromatic N) is 3. The summed E-state index contributed by atoms with van der Waals surface area (Å²) in [6.07, 6.45) is 3.81. The predicted octanol–water partition coefficient (Wildman–Crippen LogP) is 2.65. The Balaban J connectivity index is 1.46. The average molecular weight is 454 g/mol. The summed E-state index contributed by atoms with van der Waals surface area (Å²) in [6, 6.07) is 10.2. The van der Waals surface area contributed by atoms with E-state index in [1.807, 2.05) is 30.5 Å². The second kappa shape index (κ2) is 9.57. The van der Waals surface area contributed by atoms with Crippen molar-refractivity contribution < 1.29 is 23.6 Å². The van der Waals surface area contributed by atoms with Gasteiger partial charge in [-0.1, -0.05) is 11.3 Å². The molecule has 11 heteroatoms. The number of aromatic nitrogens is 4. The fourth-order valence-corrected chi connectivity index (χ4v) is 3.50. The quantitative estimate of drug-likeness (QED) is 0.241. The first-order valence-electron chi connectivity index (χ1n) is 10.1. The van der Waals surface area contributed by atoms with Gasteiger partial charge in [0.15, 0.2) is 11.6 Å². The molecule has 33 heavy (non-hydrogen) atoms. The molecule has 4 aromatic rings. The van der Waals surface area contributed by atoms with Gasteiger partial charge in [-0.25, -0.2) is 18.9 Å². The zero-order chi connectivity index (χ0) is 23.4. The van der Waals surface area contributed by atoms with Crippen LogP contribution in [-0.4, -0.2) is 37.0 Å². The van der Waals surface area contributed by atoms with Gasteiger partial charge in [-0.05, 0) is 53.8 Å². The minimum absolute atomic E-state index is 0.00788. The normalized spacial score (nSPS) is 12.0. The van der Waals surface area contributed by atoms with Gasteiger partial charge in [0.2, 0.25) is 5.91 Å². The van der Waals surface area contributed by atoms with E-state index in [9.17, 15) is 18.4 Å². The summed E-state index contributed by atoms with van der Waals surface area (Å²) < 4.78 is 27.9. The number of carbonyl (C=O) groups excluding carboxylic acids is 2. The Kier molecular flexibility index (Phi) is 6.41. The van der Waals surface area contributed by atoms with Crippen molar-refractivity contribution in [1.82, 2.24) is 30.8 Å². The fourth-order valence-electron chi connectivity index (χ4n) is 3.50. The zero-order valence-electron chi connectivity index (χ0n) is 17.3. The van der Waals surface area contributed by atoms with Crippen molar-refractivity contribution in [2.24, 2.45) is 0 Å². The molecule has 0 bridgehead atoms. The first-order valence-corrected chi connectivity index (χ1v) is 10.1. The largest absolute Gasteiger partial charge is 0.361 e. The van der Waals surface area contributed by atoms with E-state index in [0.717, 1.165) is 28.6 Å². The molecular formula is C22H20F2N6O3. The molecule has 2 aromatic heterocycles. The molecule has 0 saturated heterocycles. The van der Waals surface area contributed by atoms with E-state index in [1.54, 1.807) is 11.7 Å². The number of amides is 2. The summed E-state index contributed by atoms with van der Waals surface area (Å²) >= 11 is 0. The van der Waals surface area contributed by atoms with Crippen LogP contribution in [0.1, 0.15) is 34.1 Å². The van der Waals surface area contributed by atoms with Crippen LogP contribution in [0.25, 0.3) is 10.9 Å². The molecule has 170 valence electrons. The smallest absolute Gasteiger partial charge is 0.251 e. The van der Waals surface area contributed by atoms with E-state index in [-0.39, 0.29) is 18.5 Å². The zero-order valence-corrected chi connectivity index (χ0v) is 17.3. The highest BCUT2D eigenvalue weighted by Crippen LogP contribution is 2.21. The second-order valence-electron chi connectivity index (χ2n) is 7.50. The minimum Gasteiger partial charge on any atom is -0.361 e. The molecule has 0 unspecified atom stereocenters. The van der Waals surface area contributed by atoms with Crippen LogP contribution in [0.2, 0.25) is 0 Å². The van der Waals surface area contributed by atoms with Crippen LogP contribution in [0.4, 0.5) is 8.78 Å². The summed E-state index contributed by atoms with van der Waals surface area (Å²) in [4.78, 5) is 27.2. The molecule has 0 aliphatic heterocycles. The van der Waals surface area contributed by atoms with Crippen LogP contribution >= 0.6 is 0 Å². The molecule has 0 saturated carbocycles. The van der Waals surface area contributed by atoms with E-state index in [4.69, 9.17) is 5.21 Å². The van der Waals surface area contributed by atoms with Crippen LogP contribution in [0.15, 0.2) is 54.9 Å². The molecule has 0 spiro atoms. The molecule has 1 atom stereocenters. The van der Waals surface area contributed by atoms with Crippen molar-refractivity contribution in [2.75, 3.05) is 0 Å². The topological polar surface area (TPSA) is 125 Å². The molecule has 0 aliphatic carbocycles. The fraction of sp³-hybridized carbons (Fsp3) is 0.182. The van der Waals surface area contributed by atoms with Gasteiger partial charge in [-0.15, -0.1) is 5.10 Å². The Morgan fingerprint density at radius 3 is 2.76 bits per heavy atom. The van der Waals surface area contributed by atoms with Gasteiger partial charge in [-0.2, -0.15) is 0 Å². The molecular weight excluding hydrogens is 434 g/mol. The maximum Gasteiger partial charge on any atom is 0.251 e. The molecule has 2 heterocycles. The highest BCUT2D eigenvalue weighted by Gasteiger charge is 2.19. The van der Waals surface area contributed by atoms with Crippen LogP contribution in [-0.2, 0) is 17.8 Å². The SMILES string of the molecule is O=C(C[C@@H](Cc1ccc2[nH]ccc2c1)n1cc(CNC(=O)c2ccc(F)c(F)c2)nn1)NO. The number of carbonyl (C=O) groups is 2. The minimum atomic E-state index is -1.11. The monoisotopic (exact) mass is 454 g/mol. The van der Waals surface area contributed by atoms with Gasteiger partial charge in [-0.3, -0.25) is 14.8 Å². The lowest BCUT2D eigenvalue weighted by atomic mass is 10.0. The van der Waals surface area contributed by atoms with Gasteiger partial charge < -0.3 is 10.3 Å². The molecule has 0 radical (unpaired) electrons. The number of benzene rings is 2. The van der Waals surface area contributed by atoms with Crippen molar-refractivity contribution in [3.05, 3.63) is 83.3 Å². The number of hydrogen-bond donors (Lipinski definition) is 4. The Labute approximate surface area is 186 Å². The van der Waals surface area contributed by atoms with Crippen molar-refractivity contribution in [3.63, 3.8) is 0 Å². The number of hydrogen-bond acceptors (Lipinski definition) is 5. The van der Waals surface area contributed by atoms with Crippen molar-refractivity contribution >= 4 is 22.7 Å². The average Bonchev–Trinajstić information content (AvgIpc) is 3.48. The standard InChI is InChI=1S/C22H20F2N6O3/c23-18-3-2-15(9-19(18)24)22(32)26-11-16-12-30(29-27-16)17(10-21(31)28-33)8-13-1-4-20-14(7-13)5-6-25-20/h1-7,9,12,17,25,33H,8,10-11H2,(H,26,32)(H,28,31)/t17-/m1/s1. The lowest BCUT2D eigenvalue weighted by Crippen LogP contribution is -2.25. The third-order valence-electron chi connectivity index (χ3n) is 5.18. The van der Waals surface area contributed by atoms with E-state index >= 15 is 0 Å². The van der Waals surface area contributed by atoms with Crippen LogP contribution < -0.4 is 10.8 Å². The van der Waals surface area contributed by atoms with Gasteiger partial charge in [0.05, 0.1) is 25.2 Å². The molecule has 4 rings (SSSR count). The molecule has 2 amide bonds. The second-order valence-corrected chi connectivity index (χ2v) is 7.50. The summed E-state index contributed by atoms with van der Waals surface area (Å²) in [5.74, 6) is -3.33. The lowest BCUT2D eigenvalue weighted by Gasteiger charge is -2.16. The van der Waals surface area contributed by atoms with Crippen LogP contribution in [0, 0.1) is 11.6 Å². The van der Waals surface area contributed by atoms with Gasteiger partial charge in [0.1, 0.15) is 5.69 Å². The molecule has 0 fully saturated rings. The van der Waals surface area contributed by atoms with E-state index in [1.165, 1.54) is 10.7 Å². The maximum absolute atomic E-state index is 13.3. The Bertz CT molecular complexity index is 1300. The predicted molar refractivity (Wildman–Crippen MR) is 113 cm³/mol. The number of nitrogens with one attached hydrogen (secondary N) is 3. The highest BCUT2D eigenvalue weighted by molar-refractivity contribution is 5.94. The van der Waals surface area contributed by atoms with E-state index in [2.05, 4.69) is 20.6 Å². The maximum atomic E-state index is 13.3. The number of fused-ring (bicyclic) bond motifs is 1. The summed E-state index contributed by atoms with van der Waals surface area (Å²) in [6.45, 7) is -0.00788. The highest BCUT2D eigenvalue weighted by atomic mass is 19.2. The molecule has 4 N–H and O–H groups in total. The number of rotatable bonds is 8. The number of halogens is 2. The first-order chi connectivity index (χ1) is 15.9. The summed E-state index contributed by atoms with van der Waals surface area (Å²) in [5, 5.41) is 20.6. The van der Waals surface area contributed by atoms with Gasteiger partial charge in [0.25, 0.3) is 5.91 Å². The molecule has 9 nitrogen and oxygen atoms in total.